The van der Waals surface area contributed by atoms with Crippen molar-refractivity contribution in [2.75, 3.05) is 19.7 Å². The van der Waals surface area contributed by atoms with Gasteiger partial charge < -0.3 is 30.6 Å². The number of nitrogens with two attached hydrogens (primary N) is 1. The van der Waals surface area contributed by atoms with Gasteiger partial charge >= 0.3 is 12.2 Å². The summed E-state index contributed by atoms with van der Waals surface area (Å²) in [5.74, 6) is -0.449. The van der Waals surface area contributed by atoms with Gasteiger partial charge in [0.25, 0.3) is 0 Å². The highest BCUT2D eigenvalue weighted by atomic mass is 16.6. The molecule has 0 unspecified atom stereocenters. The van der Waals surface area contributed by atoms with E-state index in [0.717, 1.165) is 52.6 Å². The van der Waals surface area contributed by atoms with E-state index in [2.05, 4.69) is 34.9 Å². The molecule has 0 bridgehead atoms. The number of alkyl carbamates (subject to hydrolysis) is 1. The molecule has 4 N–H and O–H groups in total. The van der Waals surface area contributed by atoms with Crippen LogP contribution in [-0.4, -0.2) is 72.4 Å². The number of carbonyl (C=O) groups excluding carboxylic acids is 4. The number of likely N-dealkylation sites (tertiary alicyclic amines) is 1. The second-order valence-corrected chi connectivity index (χ2v) is 15.5. The third-order valence-corrected chi connectivity index (χ3v) is 10.4. The van der Waals surface area contributed by atoms with Crippen molar-refractivity contribution < 1.29 is 33.4 Å². The Morgan fingerprint density at radius 3 is 2.21 bits per heavy atom. The molecular weight excluding hydrogens is 672 g/mol. The molecule has 4 amide bonds. The van der Waals surface area contributed by atoms with Crippen molar-refractivity contribution in [1.82, 2.24) is 15.5 Å². The number of piperidine rings is 1. The summed E-state index contributed by atoms with van der Waals surface area (Å²) in [5.41, 5.74) is 11.6. The third kappa shape index (κ3) is 9.56. The van der Waals surface area contributed by atoms with Crippen molar-refractivity contribution in [2.24, 2.45) is 17.6 Å². The van der Waals surface area contributed by atoms with E-state index in [0.29, 0.717) is 26.1 Å². The number of nitrogens with zero attached hydrogens (tertiary/aromatic N) is 1. The van der Waals surface area contributed by atoms with Crippen molar-refractivity contribution >= 4 is 24.0 Å². The lowest BCUT2D eigenvalue weighted by atomic mass is 9.98. The zero-order valence-corrected chi connectivity index (χ0v) is 31.1. The number of fused-ring (bicyclic) bond motifs is 4. The van der Waals surface area contributed by atoms with E-state index >= 15 is 0 Å². The van der Waals surface area contributed by atoms with Crippen LogP contribution in [-0.2, 0) is 36.8 Å². The molecule has 1 aliphatic heterocycles. The number of hydrogen-bond acceptors (Lipinski definition) is 7. The number of nitrogens with one attached hydrogen (secondary N) is 2. The van der Waals surface area contributed by atoms with Gasteiger partial charge in [0.1, 0.15) is 18.2 Å². The molecule has 3 aromatic carbocycles. The van der Waals surface area contributed by atoms with Gasteiger partial charge in [-0.3, -0.25) is 14.5 Å². The molecule has 0 aromatic heterocycles. The van der Waals surface area contributed by atoms with Crippen molar-refractivity contribution in [3.63, 3.8) is 0 Å². The molecule has 3 aliphatic rings. The van der Waals surface area contributed by atoms with Gasteiger partial charge in [0.05, 0.1) is 18.8 Å². The van der Waals surface area contributed by atoms with Gasteiger partial charge in [-0.1, -0.05) is 72.8 Å². The molecule has 11 nitrogen and oxygen atoms in total. The quantitative estimate of drug-likeness (QED) is 0.161. The first-order chi connectivity index (χ1) is 25.4. The molecule has 1 heterocycles. The number of benzene rings is 3. The Bertz CT molecular complexity index is 1740. The normalized spacial score (nSPS) is 19.7. The summed E-state index contributed by atoms with van der Waals surface area (Å²) in [6, 6.07) is 23.3. The summed E-state index contributed by atoms with van der Waals surface area (Å²) in [6.45, 7) is 8.86. The molecule has 1 saturated carbocycles. The van der Waals surface area contributed by atoms with Gasteiger partial charge in [0.15, 0.2) is 0 Å². The summed E-state index contributed by atoms with van der Waals surface area (Å²) in [4.78, 5) is 52.7. The summed E-state index contributed by atoms with van der Waals surface area (Å²) in [5, 5.41) is 5.90. The zero-order chi connectivity index (χ0) is 37.7. The first-order valence-electron chi connectivity index (χ1n) is 18.7. The van der Waals surface area contributed by atoms with Crippen molar-refractivity contribution in [2.45, 2.75) is 96.1 Å². The highest BCUT2D eigenvalue weighted by molar-refractivity contribution is 5.88. The van der Waals surface area contributed by atoms with E-state index in [4.69, 9.17) is 19.9 Å². The fourth-order valence-corrected chi connectivity index (χ4v) is 7.60. The molecule has 53 heavy (non-hydrogen) atoms. The topological polar surface area (TPSA) is 149 Å². The maximum absolute atomic E-state index is 13.9. The fraction of sp³-hybridized carbons (Fsp3) is 0.476. The lowest BCUT2D eigenvalue weighted by Crippen LogP contribution is -2.53. The van der Waals surface area contributed by atoms with Crippen LogP contribution in [0.4, 0.5) is 9.59 Å². The molecule has 282 valence electrons. The van der Waals surface area contributed by atoms with Gasteiger partial charge in [0, 0.05) is 25.4 Å². The second kappa shape index (κ2) is 16.4. The molecule has 3 aromatic rings. The van der Waals surface area contributed by atoms with Crippen molar-refractivity contribution in [3.8, 4) is 11.1 Å². The molecular formula is C42H52N4O7. The second-order valence-electron chi connectivity index (χ2n) is 15.5. The van der Waals surface area contributed by atoms with Crippen LogP contribution in [0.2, 0.25) is 0 Å². The molecule has 11 heteroatoms. The van der Waals surface area contributed by atoms with Gasteiger partial charge in [0.2, 0.25) is 11.8 Å². The first kappa shape index (κ1) is 37.8. The molecule has 5 atom stereocenters. The fourth-order valence-electron chi connectivity index (χ4n) is 7.60. The van der Waals surface area contributed by atoms with Gasteiger partial charge in [-0.05, 0) is 98.6 Å². The highest BCUT2D eigenvalue weighted by Crippen LogP contribution is 2.50. The lowest BCUT2D eigenvalue weighted by molar-refractivity contribution is -0.128. The Morgan fingerprint density at radius 2 is 1.57 bits per heavy atom. The minimum absolute atomic E-state index is 0.0729. The highest BCUT2D eigenvalue weighted by Gasteiger charge is 2.57. The standard InChI is InChI=1S/C42H52N4O7/c1-26(51-24-28-17-15-27(16-18-28)10-9-21-44-40(49)53-42(2,3)4)36(19-20-37(43)47)45-39(48)38-34-22-29(34)23-46(38)41(50)52-25-35-32-13-7-5-11-30(32)31-12-6-8-14-33(31)35/h5-8,11-18,26,29,34-36,38H,9-10,19-25H2,1-4H3,(H2,43,47)(H,44,49)(H,45,48)/t26-,29-,34-,36+,38+/m1/s1. The first-order valence-corrected chi connectivity index (χ1v) is 18.7. The smallest absolute Gasteiger partial charge is 0.410 e. The van der Waals surface area contributed by atoms with E-state index in [9.17, 15) is 19.2 Å². The Hall–Kier alpha value is -4.90. The molecule has 1 saturated heterocycles. The van der Waals surface area contributed by atoms with Crippen LogP contribution >= 0.6 is 0 Å². The monoisotopic (exact) mass is 724 g/mol. The van der Waals surface area contributed by atoms with Gasteiger partial charge in [-0.2, -0.15) is 0 Å². The number of primary amides is 1. The molecule has 2 fully saturated rings. The van der Waals surface area contributed by atoms with Crippen LogP contribution in [0.25, 0.3) is 11.1 Å². The average Bonchev–Trinajstić information content (AvgIpc) is 3.66. The van der Waals surface area contributed by atoms with Gasteiger partial charge in [-0.25, -0.2) is 9.59 Å². The molecule has 6 rings (SSSR count). The molecule has 0 radical (unpaired) electrons. The minimum atomic E-state index is -0.647. The van der Waals surface area contributed by atoms with E-state index in [-0.39, 0.29) is 36.7 Å². The molecule has 0 spiro atoms. The Labute approximate surface area is 311 Å². The van der Waals surface area contributed by atoms with Gasteiger partial charge in [-0.15, -0.1) is 0 Å². The van der Waals surface area contributed by atoms with Crippen LogP contribution in [0.15, 0.2) is 72.8 Å². The SMILES string of the molecule is C[C@@H](OCc1ccc(CCCNC(=O)OC(C)(C)C)cc1)[C@H](CCC(N)=O)NC(=O)[C@@H]1[C@@H]2C[C@@H]2CN1C(=O)OCC1c2ccccc2-c2ccccc21. The summed E-state index contributed by atoms with van der Waals surface area (Å²) >= 11 is 0. The maximum atomic E-state index is 13.9. The molecule has 2 aliphatic carbocycles. The van der Waals surface area contributed by atoms with Crippen LogP contribution in [0.1, 0.15) is 81.5 Å². The Balaban J connectivity index is 1.01. The third-order valence-electron chi connectivity index (χ3n) is 10.4. The minimum Gasteiger partial charge on any atom is -0.448 e. The number of amides is 4. The van der Waals surface area contributed by atoms with Crippen molar-refractivity contribution in [1.29, 1.82) is 0 Å². The largest absolute Gasteiger partial charge is 0.448 e. The number of ether oxygens (including phenoxy) is 3. The summed E-state index contributed by atoms with van der Waals surface area (Å²) in [6.07, 6.45) is 1.51. The van der Waals surface area contributed by atoms with Crippen LogP contribution in [0.5, 0.6) is 0 Å². The zero-order valence-electron chi connectivity index (χ0n) is 31.1. The Kier molecular flexibility index (Phi) is 11.7. The summed E-state index contributed by atoms with van der Waals surface area (Å²) < 4.78 is 17.4. The maximum Gasteiger partial charge on any atom is 0.410 e. The van der Waals surface area contributed by atoms with Crippen LogP contribution in [0, 0.1) is 11.8 Å². The summed E-state index contributed by atoms with van der Waals surface area (Å²) in [7, 11) is 0. The number of carbonyl (C=O) groups is 4. The van der Waals surface area contributed by atoms with Crippen LogP contribution in [0.3, 0.4) is 0 Å². The van der Waals surface area contributed by atoms with E-state index in [1.54, 1.807) is 4.90 Å². The lowest BCUT2D eigenvalue weighted by Gasteiger charge is -2.30. The van der Waals surface area contributed by atoms with Crippen molar-refractivity contribution in [3.05, 3.63) is 95.1 Å². The Morgan fingerprint density at radius 1 is 0.925 bits per heavy atom. The predicted octanol–water partition coefficient (Wildman–Crippen LogP) is 6.07. The number of hydrogen-bond donors (Lipinski definition) is 3. The van der Waals surface area contributed by atoms with E-state index < -0.39 is 41.9 Å². The number of rotatable bonds is 15. The van der Waals surface area contributed by atoms with Crippen LogP contribution < -0.4 is 16.4 Å². The predicted molar refractivity (Wildman–Crippen MR) is 201 cm³/mol. The number of aryl methyl sites for hydroxylation is 1. The van der Waals surface area contributed by atoms with E-state index in [1.807, 2.05) is 76.2 Å². The average molecular weight is 725 g/mol. The van der Waals surface area contributed by atoms with E-state index in [1.165, 1.54) is 0 Å².